The molecule has 4 heavy (non-hydrogen) atoms. The summed E-state index contributed by atoms with van der Waals surface area (Å²) in [6.07, 6.45) is 1.53. The number of hydrogen-bond acceptors (Lipinski definition) is 2. The van der Waals surface area contributed by atoms with Gasteiger partial charge in [0.25, 0.3) is 0 Å². The van der Waals surface area contributed by atoms with Gasteiger partial charge in [0.2, 0.25) is 0 Å². The third kappa shape index (κ3) is 1.47. The molecule has 0 spiro atoms. The van der Waals surface area contributed by atoms with Gasteiger partial charge in [-0.05, 0) is 6.92 Å². The van der Waals surface area contributed by atoms with E-state index in [1.807, 2.05) is 0 Å². The van der Waals surface area contributed by atoms with Crippen LogP contribution in [0.4, 0.5) is 0 Å². The third-order valence-electron chi connectivity index (χ3n) is 0.149. The predicted molar refractivity (Wildman–Crippen MR) is 18.4 cm³/mol. The van der Waals surface area contributed by atoms with Crippen LogP contribution in [-0.2, 0) is 0 Å². The second-order valence-electron chi connectivity index (χ2n) is 0.407. The lowest BCUT2D eigenvalue weighted by atomic mass is 10.9. The summed E-state index contributed by atoms with van der Waals surface area (Å²) in [6, 6.07) is 0. The highest BCUT2D eigenvalue weighted by Crippen LogP contribution is 1.31. The van der Waals surface area contributed by atoms with Gasteiger partial charge in [-0.15, -0.1) is 0 Å². The van der Waals surface area contributed by atoms with E-state index in [4.69, 9.17) is 0 Å². The van der Waals surface area contributed by atoms with Gasteiger partial charge in [0.1, 0.15) is 0 Å². The van der Waals surface area contributed by atoms with Crippen molar-refractivity contribution in [3.05, 3.63) is 0 Å². The quantitative estimate of drug-likeness (QED) is 0.237. The fourth-order valence-electron chi connectivity index (χ4n) is 0. The fourth-order valence-corrected chi connectivity index (χ4v) is 0. The number of nitrogens with zero attached hydrogens (tertiary/aromatic N) is 1. The van der Waals surface area contributed by atoms with Crippen LogP contribution in [0.15, 0.2) is 5.10 Å². The fraction of sp³-hybridized carbons (Fsp3) is 0.500. The molecule has 0 saturated carbocycles. The molecule has 0 unspecified atom stereocenters. The van der Waals surface area contributed by atoms with Crippen molar-refractivity contribution in [3.8, 4) is 0 Å². The lowest BCUT2D eigenvalue weighted by Gasteiger charge is -1.55. The molecule has 0 aliphatic carbocycles. The largest absolute Gasteiger partial charge is 0.324 e. The average molecular weight is 58.1 g/mol. The Balaban J connectivity index is 2.55. The molecule has 0 aromatic carbocycles. The molecule has 0 aromatic rings. The molecule has 0 heterocycles. The molecule has 24 valence electrons. The highest BCUT2D eigenvalue weighted by Gasteiger charge is 1.32. The third-order valence-corrected chi connectivity index (χ3v) is 0.149. The van der Waals surface area contributed by atoms with Crippen LogP contribution < -0.4 is 5.84 Å². The van der Waals surface area contributed by atoms with Gasteiger partial charge in [0.05, 0.1) is 0 Å². The molecule has 0 aromatic heterocycles. The Morgan fingerprint density at radius 3 is 2.25 bits per heavy atom. The van der Waals surface area contributed by atoms with Gasteiger partial charge < -0.3 is 5.84 Å². The summed E-state index contributed by atoms with van der Waals surface area (Å²) in [6.45, 7) is 1.76. The zero-order chi connectivity index (χ0) is 3.41. The second-order valence-corrected chi connectivity index (χ2v) is 0.407. The summed E-state index contributed by atoms with van der Waals surface area (Å²) >= 11 is 0. The molecule has 0 aliphatic heterocycles. The first-order valence-corrected chi connectivity index (χ1v) is 1.09. The molecule has 0 radical (unpaired) electrons. The Morgan fingerprint density at radius 1 is 2.00 bits per heavy atom. The monoisotopic (exact) mass is 58.1 g/mol. The van der Waals surface area contributed by atoms with Crippen LogP contribution in [0.2, 0.25) is 0 Å². The molecule has 0 aliphatic rings. The van der Waals surface area contributed by atoms with Crippen molar-refractivity contribution in [3.63, 3.8) is 0 Å². The van der Waals surface area contributed by atoms with E-state index in [1.54, 1.807) is 6.92 Å². The van der Waals surface area contributed by atoms with Crippen LogP contribution in [0.5, 0.6) is 0 Å². The molecule has 2 heteroatoms. The summed E-state index contributed by atoms with van der Waals surface area (Å²) in [5, 5.41) is 3.11. The lowest BCUT2D eigenvalue weighted by molar-refractivity contribution is 1.26. The zero-order valence-corrected chi connectivity index (χ0v) is 2.60. The molecule has 0 saturated heterocycles. The maximum Gasteiger partial charge on any atom is 0.0209 e. The Kier molecular flexibility index (Phi) is 2.14. The van der Waals surface area contributed by atoms with Gasteiger partial charge >= 0.3 is 0 Å². The molecule has 0 fully saturated rings. The van der Waals surface area contributed by atoms with E-state index in [2.05, 4.69) is 10.9 Å². The van der Waals surface area contributed by atoms with Crippen LogP contribution in [0.25, 0.3) is 0 Å². The summed E-state index contributed by atoms with van der Waals surface area (Å²) in [4.78, 5) is 0. The van der Waals surface area contributed by atoms with E-state index in [-0.39, 0.29) is 0 Å². The van der Waals surface area contributed by atoms with Gasteiger partial charge in [-0.2, -0.15) is 5.10 Å². The molecule has 2 nitrogen and oxygen atoms in total. The maximum atomic E-state index is 4.60. The van der Waals surface area contributed by atoms with Gasteiger partial charge in [0, 0.05) is 6.21 Å². The van der Waals surface area contributed by atoms with Crippen molar-refractivity contribution in [1.82, 2.24) is 0 Å². The summed E-state index contributed by atoms with van der Waals surface area (Å²) < 4.78 is 0. The smallest absolute Gasteiger partial charge is 0.0209 e. The van der Waals surface area contributed by atoms with Crippen molar-refractivity contribution in [1.29, 1.82) is 0 Å². The molecule has 0 bridgehead atoms. The topological polar surface area (TPSA) is 38.4 Å². The summed E-state index contributed by atoms with van der Waals surface area (Å²) in [5.41, 5.74) is 0. The minimum atomic E-state index is 1.53. The van der Waals surface area contributed by atoms with Gasteiger partial charge in [0.15, 0.2) is 0 Å². The van der Waals surface area contributed by atoms with E-state index in [0.29, 0.717) is 0 Å². The SMILES string of the molecule is C/C=N\N. The molecule has 0 amide bonds. The highest BCUT2D eigenvalue weighted by atomic mass is 15.1. The van der Waals surface area contributed by atoms with Crippen molar-refractivity contribution < 1.29 is 0 Å². The second kappa shape index (κ2) is 2.47. The number of hydrogen-bond donors (Lipinski definition) is 1. The Morgan fingerprint density at radius 2 is 2.25 bits per heavy atom. The van der Waals surface area contributed by atoms with Crippen LogP contribution in [-0.4, -0.2) is 6.21 Å². The Labute approximate surface area is 25.3 Å². The predicted octanol–water partition coefficient (Wildman–Crippen LogP) is -0.0492. The van der Waals surface area contributed by atoms with Crippen LogP contribution in [0.1, 0.15) is 6.92 Å². The van der Waals surface area contributed by atoms with Gasteiger partial charge in [-0.1, -0.05) is 0 Å². The first-order chi connectivity index (χ1) is 1.91. The van der Waals surface area contributed by atoms with Crippen LogP contribution >= 0.6 is 0 Å². The van der Waals surface area contributed by atoms with E-state index in [1.165, 1.54) is 6.21 Å². The maximum absolute atomic E-state index is 4.60. The summed E-state index contributed by atoms with van der Waals surface area (Å²) in [5.74, 6) is 4.60. The van der Waals surface area contributed by atoms with Gasteiger partial charge in [-0.25, -0.2) is 0 Å². The van der Waals surface area contributed by atoms with Crippen molar-refractivity contribution in [2.45, 2.75) is 6.92 Å². The minimum Gasteiger partial charge on any atom is -0.324 e. The Bertz CT molecular complexity index is 19.2. The molecular weight excluding hydrogens is 52.0 g/mol. The van der Waals surface area contributed by atoms with Crippen molar-refractivity contribution in [2.24, 2.45) is 10.9 Å². The molecule has 0 rings (SSSR count). The van der Waals surface area contributed by atoms with E-state index in [9.17, 15) is 0 Å². The normalized spacial score (nSPS) is 9.25. The standard InChI is InChI=1S/C2H6N2/c1-2-4-3/h2H,3H2,1H3/b4-2-. The molecular formula is C2H6N2. The van der Waals surface area contributed by atoms with Crippen molar-refractivity contribution >= 4 is 6.21 Å². The first-order valence-electron chi connectivity index (χ1n) is 1.09. The zero-order valence-electron chi connectivity index (χ0n) is 2.60. The lowest BCUT2D eigenvalue weighted by Crippen LogP contribution is -1.74. The minimum absolute atomic E-state index is 1.53. The number of nitrogens with two attached hydrogens (primary N) is 1. The molecule has 2 N–H and O–H groups in total. The van der Waals surface area contributed by atoms with Crippen LogP contribution in [0, 0.1) is 0 Å². The average Bonchev–Trinajstić information content (AvgIpc) is 1.37. The highest BCUT2D eigenvalue weighted by molar-refractivity contribution is 5.52. The number of rotatable bonds is 0. The number of hydrazone groups is 1. The van der Waals surface area contributed by atoms with Crippen molar-refractivity contribution in [2.75, 3.05) is 0 Å². The van der Waals surface area contributed by atoms with E-state index >= 15 is 0 Å². The summed E-state index contributed by atoms with van der Waals surface area (Å²) in [7, 11) is 0. The van der Waals surface area contributed by atoms with Gasteiger partial charge in [-0.3, -0.25) is 0 Å². The van der Waals surface area contributed by atoms with Crippen LogP contribution in [0.3, 0.4) is 0 Å². The first kappa shape index (κ1) is 3.47. The molecule has 0 atom stereocenters. The van der Waals surface area contributed by atoms with E-state index in [0.717, 1.165) is 0 Å². The Hall–Kier alpha value is -0.530. The van der Waals surface area contributed by atoms with E-state index < -0.39 is 0 Å².